The quantitative estimate of drug-likeness (QED) is 0.419. The molecule has 1 aliphatic carbocycles. The summed E-state index contributed by atoms with van der Waals surface area (Å²) in [4.78, 5) is 32.3. The third-order valence-corrected chi connectivity index (χ3v) is 7.13. The Morgan fingerprint density at radius 1 is 1.09 bits per heavy atom. The predicted molar refractivity (Wildman–Crippen MR) is 131 cm³/mol. The molecule has 176 valence electrons. The van der Waals surface area contributed by atoms with E-state index in [1.165, 1.54) is 0 Å². The molecule has 5 heterocycles. The lowest BCUT2D eigenvalue weighted by Crippen LogP contribution is -2.37. The lowest BCUT2D eigenvalue weighted by molar-refractivity contribution is -0.135. The van der Waals surface area contributed by atoms with Gasteiger partial charge in [0.15, 0.2) is 5.65 Å². The number of likely N-dealkylation sites (tertiary alicyclic amines) is 1. The van der Waals surface area contributed by atoms with Crippen LogP contribution in [0.5, 0.6) is 0 Å². The van der Waals surface area contributed by atoms with E-state index in [1.807, 2.05) is 31.6 Å². The van der Waals surface area contributed by atoms with Crippen LogP contribution in [0.25, 0.3) is 27.9 Å². The minimum Gasteiger partial charge on any atom is -0.372 e. The van der Waals surface area contributed by atoms with E-state index in [2.05, 4.69) is 25.6 Å². The van der Waals surface area contributed by atoms with Crippen LogP contribution in [0.4, 0.5) is 11.8 Å². The summed E-state index contributed by atoms with van der Waals surface area (Å²) in [5.41, 5.74) is 3.32. The highest BCUT2D eigenvalue weighted by atomic mass is 16.2. The fraction of sp³-hybridized carbons (Fsp3) is 0.458. The molecular formula is C24H29N9O. The monoisotopic (exact) mass is 459 g/mol. The number of carbonyl (C=O) groups is 1. The molecule has 0 radical (unpaired) electrons. The molecule has 0 aromatic carbocycles. The largest absolute Gasteiger partial charge is 0.372 e. The van der Waals surface area contributed by atoms with Crippen LogP contribution in [0.15, 0.2) is 30.7 Å². The van der Waals surface area contributed by atoms with E-state index in [0.29, 0.717) is 11.9 Å². The Bertz CT molecular complexity index is 1330. The van der Waals surface area contributed by atoms with Gasteiger partial charge in [-0.05, 0) is 44.6 Å². The van der Waals surface area contributed by atoms with E-state index in [0.717, 1.165) is 85.4 Å². The molecule has 6 rings (SSSR count). The summed E-state index contributed by atoms with van der Waals surface area (Å²) in [6.45, 7) is 1.86. The van der Waals surface area contributed by atoms with Gasteiger partial charge in [0.2, 0.25) is 11.9 Å². The molecule has 0 unspecified atom stereocenters. The van der Waals surface area contributed by atoms with Crippen LogP contribution in [0.2, 0.25) is 0 Å². The van der Waals surface area contributed by atoms with Crippen LogP contribution in [-0.2, 0) is 4.79 Å². The average molecular weight is 460 g/mol. The van der Waals surface area contributed by atoms with Gasteiger partial charge < -0.3 is 20.5 Å². The van der Waals surface area contributed by atoms with Crippen molar-refractivity contribution in [3.05, 3.63) is 30.7 Å². The molecule has 2 fully saturated rings. The molecule has 34 heavy (non-hydrogen) atoms. The van der Waals surface area contributed by atoms with Crippen molar-refractivity contribution in [3.8, 4) is 11.3 Å². The van der Waals surface area contributed by atoms with Gasteiger partial charge in [-0.15, -0.1) is 0 Å². The third kappa shape index (κ3) is 3.72. The summed E-state index contributed by atoms with van der Waals surface area (Å²) in [5.74, 6) is 1.86. The van der Waals surface area contributed by atoms with Gasteiger partial charge in [-0.2, -0.15) is 15.1 Å². The molecule has 1 aliphatic heterocycles. The highest BCUT2D eigenvalue weighted by Crippen LogP contribution is 2.33. The van der Waals surface area contributed by atoms with Gasteiger partial charge in [0, 0.05) is 56.1 Å². The number of H-pyrrole nitrogens is 1. The van der Waals surface area contributed by atoms with Crippen LogP contribution < -0.4 is 10.6 Å². The minimum atomic E-state index is 0.166. The molecule has 4 aromatic rings. The van der Waals surface area contributed by atoms with Crippen molar-refractivity contribution in [2.75, 3.05) is 30.8 Å². The zero-order valence-corrected chi connectivity index (χ0v) is 19.3. The molecular weight excluding hydrogens is 430 g/mol. The fourth-order valence-corrected chi connectivity index (χ4v) is 5.31. The van der Waals surface area contributed by atoms with Crippen LogP contribution in [0.3, 0.4) is 0 Å². The highest BCUT2D eigenvalue weighted by Gasteiger charge is 2.31. The Morgan fingerprint density at radius 2 is 1.91 bits per heavy atom. The summed E-state index contributed by atoms with van der Waals surface area (Å²) < 4.78 is 1.74. The molecule has 1 amide bonds. The first-order chi connectivity index (χ1) is 16.7. The van der Waals surface area contributed by atoms with Crippen LogP contribution in [0, 0.1) is 5.92 Å². The summed E-state index contributed by atoms with van der Waals surface area (Å²) >= 11 is 0. The number of fused-ring (bicyclic) bond motifs is 2. The topological polar surface area (TPSA) is 116 Å². The van der Waals surface area contributed by atoms with Crippen molar-refractivity contribution >= 4 is 34.4 Å². The molecule has 10 heteroatoms. The average Bonchev–Trinajstić information content (AvgIpc) is 3.64. The first-order valence-electron chi connectivity index (χ1n) is 12.1. The molecule has 2 aliphatic rings. The third-order valence-electron chi connectivity index (χ3n) is 7.13. The SMILES string of the molecule is CNc1nc(NC2CCC(C(=O)N3CCCC3)CC2)nc2[nH]cc(-c3ccn4nccc4n3)c12. The first-order valence-corrected chi connectivity index (χ1v) is 12.1. The number of carbonyl (C=O) groups excluding carboxylic acids is 1. The van der Waals surface area contributed by atoms with Crippen molar-refractivity contribution in [2.45, 2.75) is 44.6 Å². The van der Waals surface area contributed by atoms with E-state index < -0.39 is 0 Å². The van der Waals surface area contributed by atoms with Crippen molar-refractivity contribution in [3.63, 3.8) is 0 Å². The zero-order valence-electron chi connectivity index (χ0n) is 19.3. The van der Waals surface area contributed by atoms with Crippen LogP contribution >= 0.6 is 0 Å². The number of amides is 1. The maximum Gasteiger partial charge on any atom is 0.226 e. The van der Waals surface area contributed by atoms with E-state index >= 15 is 0 Å². The molecule has 1 saturated heterocycles. The van der Waals surface area contributed by atoms with Gasteiger partial charge in [0.1, 0.15) is 11.5 Å². The number of hydrogen-bond acceptors (Lipinski definition) is 7. The molecule has 4 aromatic heterocycles. The zero-order chi connectivity index (χ0) is 23.1. The molecule has 0 spiro atoms. The molecule has 0 bridgehead atoms. The first kappa shape index (κ1) is 20.9. The Balaban J connectivity index is 1.20. The van der Waals surface area contributed by atoms with Crippen LogP contribution in [-0.4, -0.2) is 66.5 Å². The second-order valence-electron chi connectivity index (χ2n) is 9.24. The maximum absolute atomic E-state index is 12.7. The Hall–Kier alpha value is -3.69. The number of nitrogens with one attached hydrogen (secondary N) is 3. The van der Waals surface area contributed by atoms with Gasteiger partial charge in [-0.1, -0.05) is 0 Å². The lowest BCUT2D eigenvalue weighted by Gasteiger charge is -2.30. The minimum absolute atomic E-state index is 0.166. The van der Waals surface area contributed by atoms with Crippen LogP contribution in [0.1, 0.15) is 38.5 Å². The van der Waals surface area contributed by atoms with E-state index in [1.54, 1.807) is 10.7 Å². The predicted octanol–water partition coefficient (Wildman–Crippen LogP) is 3.30. The highest BCUT2D eigenvalue weighted by molar-refractivity contribution is 6.00. The fourth-order valence-electron chi connectivity index (χ4n) is 5.31. The normalized spacial score (nSPS) is 20.8. The number of rotatable bonds is 5. The van der Waals surface area contributed by atoms with Crippen molar-refractivity contribution < 1.29 is 4.79 Å². The molecule has 1 saturated carbocycles. The second kappa shape index (κ2) is 8.58. The van der Waals surface area contributed by atoms with E-state index in [9.17, 15) is 4.79 Å². The van der Waals surface area contributed by atoms with Gasteiger partial charge in [-0.25, -0.2) is 9.50 Å². The molecule has 10 nitrogen and oxygen atoms in total. The Kier molecular flexibility index (Phi) is 5.27. The Labute approximate surface area is 197 Å². The number of aromatic nitrogens is 6. The van der Waals surface area contributed by atoms with Gasteiger partial charge in [0.25, 0.3) is 0 Å². The number of anilines is 2. The summed E-state index contributed by atoms with van der Waals surface area (Å²) in [6.07, 6.45) is 11.6. The summed E-state index contributed by atoms with van der Waals surface area (Å²) in [7, 11) is 1.87. The van der Waals surface area contributed by atoms with Crippen molar-refractivity contribution in [1.82, 2.24) is 34.4 Å². The molecule has 3 N–H and O–H groups in total. The molecule has 0 atom stereocenters. The van der Waals surface area contributed by atoms with Gasteiger partial charge >= 0.3 is 0 Å². The lowest BCUT2D eigenvalue weighted by atomic mass is 9.85. The summed E-state index contributed by atoms with van der Waals surface area (Å²) in [6, 6.07) is 4.09. The second-order valence-corrected chi connectivity index (χ2v) is 9.24. The Morgan fingerprint density at radius 3 is 2.71 bits per heavy atom. The van der Waals surface area contributed by atoms with Crippen molar-refractivity contribution in [1.29, 1.82) is 0 Å². The standard InChI is InChI=1S/C24H29N9O/c1-25-21-20-17(18-9-13-33-19(29-18)8-10-27-33)14-26-22(20)31-24(30-21)28-16-6-4-15(5-7-16)23(34)32-11-2-3-12-32/h8-10,13-16H,2-7,11-12H2,1H3,(H3,25,26,28,30,31). The van der Waals surface area contributed by atoms with Crippen molar-refractivity contribution in [2.24, 2.45) is 5.92 Å². The number of nitrogens with zero attached hydrogens (tertiary/aromatic N) is 6. The van der Waals surface area contributed by atoms with E-state index in [-0.39, 0.29) is 12.0 Å². The van der Waals surface area contributed by atoms with E-state index in [4.69, 9.17) is 15.0 Å². The smallest absolute Gasteiger partial charge is 0.226 e. The number of hydrogen-bond donors (Lipinski definition) is 3. The maximum atomic E-state index is 12.7. The van der Waals surface area contributed by atoms with Gasteiger partial charge in [-0.3, -0.25) is 4.79 Å². The summed E-state index contributed by atoms with van der Waals surface area (Å²) in [5, 5.41) is 11.9. The van der Waals surface area contributed by atoms with Gasteiger partial charge in [0.05, 0.1) is 17.3 Å². The number of aromatic amines is 1.